The van der Waals surface area contributed by atoms with Crippen molar-refractivity contribution < 1.29 is 0 Å². The van der Waals surface area contributed by atoms with Crippen LogP contribution in [0.2, 0.25) is 0 Å². The molecule has 4 aliphatic rings. The predicted molar refractivity (Wildman–Crippen MR) is 127 cm³/mol. The Bertz CT molecular complexity index is 1530. The van der Waals surface area contributed by atoms with Gasteiger partial charge in [0.15, 0.2) is 11.2 Å². The monoisotopic (exact) mass is 443 g/mol. The molecule has 4 saturated carbocycles. The van der Waals surface area contributed by atoms with Crippen molar-refractivity contribution in [3.05, 3.63) is 62.6 Å². The van der Waals surface area contributed by atoms with Gasteiger partial charge in [-0.05, 0) is 75.3 Å². The lowest BCUT2D eigenvalue weighted by Crippen LogP contribution is -2.49. The van der Waals surface area contributed by atoms with E-state index in [1.165, 1.54) is 58.9 Å². The van der Waals surface area contributed by atoms with Gasteiger partial charge in [0.25, 0.3) is 5.56 Å². The van der Waals surface area contributed by atoms with Crippen LogP contribution in [-0.2, 0) is 19.5 Å². The highest BCUT2D eigenvalue weighted by Gasteiger charge is 2.53. The van der Waals surface area contributed by atoms with Crippen LogP contribution in [0.15, 0.2) is 40.1 Å². The molecule has 0 unspecified atom stereocenters. The standard InChI is InChI=1S/C26H29N5O2/c1-15-4-6-19(7-5-15)31-20(26-11-16-8-17(12-26)10-18(9-16)13-26)14-30-21-22(27-24(30)31)28(2)25(33)29(3)23(21)32/h4-7,14,16-18H,8-13H2,1-3H3. The van der Waals surface area contributed by atoms with Crippen molar-refractivity contribution in [3.63, 3.8) is 0 Å². The number of aromatic nitrogens is 5. The Morgan fingerprint density at radius 2 is 1.52 bits per heavy atom. The highest BCUT2D eigenvalue weighted by molar-refractivity contribution is 5.76. The summed E-state index contributed by atoms with van der Waals surface area (Å²) < 4.78 is 6.89. The molecule has 33 heavy (non-hydrogen) atoms. The minimum absolute atomic E-state index is 0.137. The van der Waals surface area contributed by atoms with E-state index < -0.39 is 0 Å². The van der Waals surface area contributed by atoms with Crippen LogP contribution in [0.4, 0.5) is 0 Å². The number of imidazole rings is 2. The van der Waals surface area contributed by atoms with E-state index in [1.54, 1.807) is 14.1 Å². The zero-order valence-corrected chi connectivity index (χ0v) is 19.4. The first-order valence-electron chi connectivity index (χ1n) is 12.1. The van der Waals surface area contributed by atoms with Crippen LogP contribution in [0.3, 0.4) is 0 Å². The van der Waals surface area contributed by atoms with Gasteiger partial charge in [0.05, 0.1) is 0 Å². The lowest BCUT2D eigenvalue weighted by molar-refractivity contribution is -0.00786. The van der Waals surface area contributed by atoms with Gasteiger partial charge < -0.3 is 0 Å². The molecule has 4 aliphatic carbocycles. The van der Waals surface area contributed by atoms with E-state index in [2.05, 4.69) is 42.0 Å². The third-order valence-electron chi connectivity index (χ3n) is 8.84. The zero-order chi connectivity index (χ0) is 22.6. The van der Waals surface area contributed by atoms with Gasteiger partial charge in [-0.15, -0.1) is 0 Å². The van der Waals surface area contributed by atoms with Crippen LogP contribution in [0, 0.1) is 24.7 Å². The van der Waals surface area contributed by atoms with Crippen LogP contribution in [0.5, 0.6) is 0 Å². The van der Waals surface area contributed by atoms with Gasteiger partial charge in [0.2, 0.25) is 5.78 Å². The molecule has 0 aliphatic heterocycles. The van der Waals surface area contributed by atoms with Crippen molar-refractivity contribution in [2.45, 2.75) is 50.9 Å². The maximum Gasteiger partial charge on any atom is 0.332 e. The molecule has 0 atom stereocenters. The molecular weight excluding hydrogens is 414 g/mol. The van der Waals surface area contributed by atoms with Crippen LogP contribution >= 0.6 is 0 Å². The fourth-order valence-corrected chi connectivity index (χ4v) is 7.72. The Kier molecular flexibility index (Phi) is 3.69. The molecule has 0 radical (unpaired) electrons. The van der Waals surface area contributed by atoms with E-state index in [-0.39, 0.29) is 16.7 Å². The van der Waals surface area contributed by atoms with Gasteiger partial charge in [0, 0.05) is 37.1 Å². The SMILES string of the molecule is Cc1ccc(-n2c(C34CC5CC(CC(C5)C3)C4)cn3c4c(=O)n(C)c(=O)n(C)c4nc23)cc1. The van der Waals surface area contributed by atoms with Crippen molar-refractivity contribution in [2.75, 3.05) is 0 Å². The van der Waals surface area contributed by atoms with E-state index in [0.29, 0.717) is 11.2 Å². The van der Waals surface area contributed by atoms with Gasteiger partial charge in [-0.1, -0.05) is 17.7 Å². The molecule has 3 aromatic heterocycles. The summed E-state index contributed by atoms with van der Waals surface area (Å²) in [4.78, 5) is 30.7. The molecule has 0 spiro atoms. The lowest BCUT2D eigenvalue weighted by Gasteiger charge is -2.56. The minimum atomic E-state index is -0.351. The molecule has 4 bridgehead atoms. The number of hydrogen-bond donors (Lipinski definition) is 0. The minimum Gasteiger partial charge on any atom is -0.282 e. The Morgan fingerprint density at radius 1 is 0.909 bits per heavy atom. The van der Waals surface area contributed by atoms with Gasteiger partial charge in [0.1, 0.15) is 0 Å². The van der Waals surface area contributed by atoms with Crippen molar-refractivity contribution in [1.29, 1.82) is 0 Å². The fourth-order valence-electron chi connectivity index (χ4n) is 7.72. The van der Waals surface area contributed by atoms with Crippen molar-refractivity contribution in [3.8, 4) is 5.69 Å². The summed E-state index contributed by atoms with van der Waals surface area (Å²) in [6.45, 7) is 2.10. The lowest BCUT2D eigenvalue weighted by atomic mass is 9.49. The zero-order valence-electron chi connectivity index (χ0n) is 19.4. The second-order valence-electron chi connectivity index (χ2n) is 11.0. The van der Waals surface area contributed by atoms with E-state index in [1.807, 2.05) is 4.40 Å². The van der Waals surface area contributed by atoms with E-state index in [0.717, 1.165) is 29.2 Å². The summed E-state index contributed by atoms with van der Waals surface area (Å²) in [5.74, 6) is 3.17. The van der Waals surface area contributed by atoms with E-state index in [9.17, 15) is 9.59 Å². The molecule has 1 aromatic carbocycles. The smallest absolute Gasteiger partial charge is 0.282 e. The topological polar surface area (TPSA) is 66.2 Å². The maximum atomic E-state index is 13.2. The van der Waals surface area contributed by atoms with Gasteiger partial charge in [-0.2, -0.15) is 4.98 Å². The quantitative estimate of drug-likeness (QED) is 0.477. The van der Waals surface area contributed by atoms with E-state index in [4.69, 9.17) is 4.98 Å². The normalized spacial score (nSPS) is 28.4. The van der Waals surface area contributed by atoms with E-state index >= 15 is 0 Å². The summed E-state index contributed by atoms with van der Waals surface area (Å²) in [5.41, 5.74) is 3.98. The molecule has 7 heteroatoms. The molecule has 170 valence electrons. The summed E-state index contributed by atoms with van der Waals surface area (Å²) in [6.07, 6.45) is 10.0. The highest BCUT2D eigenvalue weighted by Crippen LogP contribution is 2.61. The van der Waals surface area contributed by atoms with Gasteiger partial charge in [-0.25, -0.2) is 4.79 Å². The fraction of sp³-hybridized carbons (Fsp3) is 0.500. The molecule has 8 rings (SSSR count). The highest BCUT2D eigenvalue weighted by atomic mass is 16.2. The number of rotatable bonds is 2. The molecule has 0 amide bonds. The number of hydrogen-bond acceptors (Lipinski definition) is 3. The number of aryl methyl sites for hydroxylation is 2. The maximum absolute atomic E-state index is 13.2. The van der Waals surface area contributed by atoms with Crippen molar-refractivity contribution in [1.82, 2.24) is 23.1 Å². The number of nitrogens with zero attached hydrogens (tertiary/aromatic N) is 5. The largest absolute Gasteiger partial charge is 0.332 e. The first-order chi connectivity index (χ1) is 15.8. The summed E-state index contributed by atoms with van der Waals surface area (Å²) in [7, 11) is 3.23. The molecule has 3 heterocycles. The molecule has 7 nitrogen and oxygen atoms in total. The van der Waals surface area contributed by atoms with Crippen molar-refractivity contribution >= 4 is 16.9 Å². The number of fused-ring (bicyclic) bond motifs is 3. The van der Waals surface area contributed by atoms with Gasteiger partial charge in [-0.3, -0.25) is 22.9 Å². The van der Waals surface area contributed by atoms with Crippen LogP contribution < -0.4 is 11.2 Å². The van der Waals surface area contributed by atoms with Crippen molar-refractivity contribution in [2.24, 2.45) is 31.8 Å². The third kappa shape index (κ3) is 2.48. The Hall–Kier alpha value is -3.09. The average molecular weight is 444 g/mol. The Labute approximate surface area is 191 Å². The first kappa shape index (κ1) is 19.4. The van der Waals surface area contributed by atoms with Crippen LogP contribution in [0.25, 0.3) is 22.6 Å². The summed E-state index contributed by atoms with van der Waals surface area (Å²) >= 11 is 0. The van der Waals surface area contributed by atoms with Gasteiger partial charge >= 0.3 is 5.69 Å². The Balaban J connectivity index is 1.58. The molecule has 0 saturated heterocycles. The predicted octanol–water partition coefficient (Wildman–Crippen LogP) is 3.45. The molecule has 4 fully saturated rings. The summed E-state index contributed by atoms with van der Waals surface area (Å²) in [5, 5.41) is 0. The molecule has 0 N–H and O–H groups in total. The third-order valence-corrected chi connectivity index (χ3v) is 8.84. The summed E-state index contributed by atoms with van der Waals surface area (Å²) in [6, 6.07) is 8.56. The van der Waals surface area contributed by atoms with Crippen LogP contribution in [0.1, 0.15) is 49.8 Å². The number of benzene rings is 1. The Morgan fingerprint density at radius 3 is 2.12 bits per heavy atom. The molecular formula is C26H29N5O2. The molecule has 4 aromatic rings. The average Bonchev–Trinajstić information content (AvgIpc) is 3.33. The first-order valence-corrected chi connectivity index (χ1v) is 12.1. The second-order valence-corrected chi connectivity index (χ2v) is 11.0. The second kappa shape index (κ2) is 6.27. The van der Waals surface area contributed by atoms with Crippen LogP contribution in [-0.4, -0.2) is 23.1 Å².